The number of hydrogen-bond acceptors (Lipinski definition) is 5. The second-order valence-electron chi connectivity index (χ2n) is 9.01. The number of piperidine rings is 1. The predicted octanol–water partition coefficient (Wildman–Crippen LogP) is 4.76. The lowest BCUT2D eigenvalue weighted by Crippen LogP contribution is -2.41. The van der Waals surface area contributed by atoms with Gasteiger partial charge in [-0.25, -0.2) is 0 Å². The summed E-state index contributed by atoms with van der Waals surface area (Å²) in [6, 6.07) is 17.3. The van der Waals surface area contributed by atoms with E-state index in [4.69, 9.17) is 23.2 Å². The van der Waals surface area contributed by atoms with E-state index in [-0.39, 0.29) is 16.4 Å². The SMILES string of the molecule is N#CC1C(=O)Nc2nc(N3CCC(Cc4ccccc4)CC3)[nH]c(=O)c2C1c1ccc(Cl)cc1Cl. The molecule has 7 nitrogen and oxygen atoms in total. The predicted molar refractivity (Wildman–Crippen MR) is 136 cm³/mol. The molecule has 178 valence electrons. The van der Waals surface area contributed by atoms with Crippen LogP contribution in [0.3, 0.4) is 0 Å². The molecule has 0 radical (unpaired) electrons. The molecule has 0 spiro atoms. The fourth-order valence-corrected chi connectivity index (χ4v) is 5.56. The van der Waals surface area contributed by atoms with E-state index in [9.17, 15) is 14.9 Å². The molecular formula is C26H23Cl2N5O2. The van der Waals surface area contributed by atoms with E-state index in [1.54, 1.807) is 12.1 Å². The highest BCUT2D eigenvalue weighted by atomic mass is 35.5. The molecule has 1 aromatic heterocycles. The summed E-state index contributed by atoms with van der Waals surface area (Å²) in [5.41, 5.74) is 1.64. The average Bonchev–Trinajstić information content (AvgIpc) is 2.84. The number of benzene rings is 2. The van der Waals surface area contributed by atoms with E-state index in [0.29, 0.717) is 22.5 Å². The van der Waals surface area contributed by atoms with Crippen molar-refractivity contribution in [3.63, 3.8) is 0 Å². The third-order valence-electron chi connectivity index (χ3n) is 6.83. The van der Waals surface area contributed by atoms with E-state index in [2.05, 4.69) is 39.6 Å². The number of carbonyl (C=O) groups excluding carboxylic acids is 1. The van der Waals surface area contributed by atoms with Crippen LogP contribution in [0.4, 0.5) is 11.8 Å². The van der Waals surface area contributed by atoms with Crippen molar-refractivity contribution < 1.29 is 4.79 Å². The molecule has 2 N–H and O–H groups in total. The molecule has 1 amide bonds. The first kappa shape index (κ1) is 23.4. The number of rotatable bonds is 4. The molecule has 3 aromatic rings. The average molecular weight is 508 g/mol. The number of carbonyl (C=O) groups is 1. The zero-order chi connectivity index (χ0) is 24.5. The highest BCUT2D eigenvalue weighted by Gasteiger charge is 2.41. The van der Waals surface area contributed by atoms with Gasteiger partial charge < -0.3 is 10.2 Å². The molecule has 2 aliphatic heterocycles. The summed E-state index contributed by atoms with van der Waals surface area (Å²) in [5, 5.41) is 13.1. The Bertz CT molecular complexity index is 1360. The zero-order valence-electron chi connectivity index (χ0n) is 18.8. The molecule has 1 fully saturated rings. The second-order valence-corrected chi connectivity index (χ2v) is 9.86. The summed E-state index contributed by atoms with van der Waals surface area (Å²) in [6.07, 6.45) is 2.97. The summed E-state index contributed by atoms with van der Waals surface area (Å²) in [7, 11) is 0. The smallest absolute Gasteiger partial charge is 0.258 e. The maximum atomic E-state index is 13.3. The molecule has 0 saturated carbocycles. The van der Waals surface area contributed by atoms with Crippen molar-refractivity contribution in [2.45, 2.75) is 25.2 Å². The Morgan fingerprint density at radius 2 is 1.83 bits per heavy atom. The maximum absolute atomic E-state index is 13.3. The molecule has 0 bridgehead atoms. The molecule has 9 heteroatoms. The van der Waals surface area contributed by atoms with Gasteiger partial charge in [0.15, 0.2) is 0 Å². The molecule has 2 aliphatic rings. The lowest BCUT2D eigenvalue weighted by Gasteiger charge is -2.34. The number of hydrogen-bond donors (Lipinski definition) is 2. The fourth-order valence-electron chi connectivity index (χ4n) is 5.03. The number of nitrogens with one attached hydrogen (secondary N) is 2. The normalized spacial score (nSPS) is 20.1. The number of amides is 1. The number of H-pyrrole nitrogens is 1. The summed E-state index contributed by atoms with van der Waals surface area (Å²) in [6.45, 7) is 1.50. The van der Waals surface area contributed by atoms with Crippen molar-refractivity contribution >= 4 is 40.9 Å². The molecular weight excluding hydrogens is 485 g/mol. The van der Waals surface area contributed by atoms with Gasteiger partial charge in [-0.1, -0.05) is 59.6 Å². The number of aromatic nitrogens is 2. The fraction of sp³-hybridized carbons (Fsp3) is 0.308. The lowest BCUT2D eigenvalue weighted by atomic mass is 9.79. The van der Waals surface area contributed by atoms with Crippen LogP contribution >= 0.6 is 23.2 Å². The molecule has 5 rings (SSSR count). The Hall–Kier alpha value is -3.34. The van der Waals surface area contributed by atoms with Crippen molar-refractivity contribution in [3.8, 4) is 6.07 Å². The minimum absolute atomic E-state index is 0.169. The first-order valence-electron chi connectivity index (χ1n) is 11.5. The van der Waals surface area contributed by atoms with Crippen LogP contribution in [-0.4, -0.2) is 29.0 Å². The van der Waals surface area contributed by atoms with E-state index in [1.807, 2.05) is 17.0 Å². The molecule has 35 heavy (non-hydrogen) atoms. The lowest BCUT2D eigenvalue weighted by molar-refractivity contribution is -0.119. The molecule has 2 aromatic carbocycles. The van der Waals surface area contributed by atoms with Gasteiger partial charge in [0.25, 0.3) is 5.56 Å². The number of nitriles is 1. The number of anilines is 2. The van der Waals surface area contributed by atoms with E-state index in [1.165, 1.54) is 11.6 Å². The second kappa shape index (κ2) is 9.73. The largest absolute Gasteiger partial charge is 0.342 e. The topological polar surface area (TPSA) is 102 Å². The van der Waals surface area contributed by atoms with Gasteiger partial charge in [0, 0.05) is 29.1 Å². The van der Waals surface area contributed by atoms with Crippen LogP contribution in [0, 0.1) is 23.2 Å². The van der Waals surface area contributed by atoms with E-state index in [0.717, 1.165) is 32.4 Å². The van der Waals surface area contributed by atoms with Crippen LogP contribution < -0.4 is 15.8 Å². The Balaban J connectivity index is 1.43. The summed E-state index contributed by atoms with van der Waals surface area (Å²) in [4.78, 5) is 35.6. The zero-order valence-corrected chi connectivity index (χ0v) is 20.3. The van der Waals surface area contributed by atoms with Gasteiger partial charge in [0.2, 0.25) is 11.9 Å². The number of fused-ring (bicyclic) bond motifs is 1. The third-order valence-corrected chi connectivity index (χ3v) is 7.39. The van der Waals surface area contributed by atoms with Crippen molar-refractivity contribution in [2.75, 3.05) is 23.3 Å². The molecule has 2 atom stereocenters. The van der Waals surface area contributed by atoms with Gasteiger partial charge in [0.1, 0.15) is 11.7 Å². The molecule has 1 saturated heterocycles. The van der Waals surface area contributed by atoms with Crippen LogP contribution in [-0.2, 0) is 11.2 Å². The number of nitrogens with zero attached hydrogens (tertiary/aromatic N) is 3. The summed E-state index contributed by atoms with van der Waals surface area (Å²) in [5.74, 6) is -1.34. The van der Waals surface area contributed by atoms with E-state index < -0.39 is 23.3 Å². The number of halogens is 2. The van der Waals surface area contributed by atoms with Gasteiger partial charge in [0.05, 0.1) is 11.6 Å². The van der Waals surface area contributed by atoms with E-state index >= 15 is 0 Å². The quantitative estimate of drug-likeness (QED) is 0.529. The number of aromatic amines is 1. The van der Waals surface area contributed by atoms with Crippen molar-refractivity contribution in [1.82, 2.24) is 9.97 Å². The minimum atomic E-state index is -1.12. The minimum Gasteiger partial charge on any atom is -0.342 e. The van der Waals surface area contributed by atoms with Crippen molar-refractivity contribution in [1.29, 1.82) is 5.26 Å². The van der Waals surface area contributed by atoms with Gasteiger partial charge in [-0.15, -0.1) is 0 Å². The molecule has 0 aliphatic carbocycles. The summed E-state index contributed by atoms with van der Waals surface area (Å²) < 4.78 is 0. The monoisotopic (exact) mass is 507 g/mol. The third kappa shape index (κ3) is 4.64. The first-order valence-corrected chi connectivity index (χ1v) is 12.3. The highest BCUT2D eigenvalue weighted by molar-refractivity contribution is 6.35. The Labute approximate surface area is 212 Å². The molecule has 2 unspecified atom stereocenters. The van der Waals surface area contributed by atoms with Crippen LogP contribution in [0.2, 0.25) is 10.0 Å². The van der Waals surface area contributed by atoms with Gasteiger partial charge in [-0.2, -0.15) is 10.2 Å². The van der Waals surface area contributed by atoms with Gasteiger partial charge in [-0.05, 0) is 48.4 Å². The van der Waals surface area contributed by atoms with Crippen LogP contribution in [0.1, 0.15) is 35.4 Å². The highest BCUT2D eigenvalue weighted by Crippen LogP contribution is 2.41. The Morgan fingerprint density at radius 1 is 1.09 bits per heavy atom. The van der Waals surface area contributed by atoms with Gasteiger partial charge in [-0.3, -0.25) is 14.6 Å². The maximum Gasteiger partial charge on any atom is 0.258 e. The first-order chi connectivity index (χ1) is 16.9. The van der Waals surface area contributed by atoms with Crippen LogP contribution in [0.25, 0.3) is 0 Å². The Kier molecular flexibility index (Phi) is 6.50. The standard InChI is InChI=1S/C26H23Cl2N5O2/c27-17-6-7-18(20(28)13-17)21-19(14-29)24(34)30-23-22(21)25(35)32-26(31-23)33-10-8-16(9-11-33)12-15-4-2-1-3-5-15/h1-7,13,16,19,21H,8-12H2,(H2,30,31,32,34,35). The van der Waals surface area contributed by atoms with Gasteiger partial charge >= 0.3 is 0 Å². The summed E-state index contributed by atoms with van der Waals surface area (Å²) >= 11 is 12.4. The van der Waals surface area contributed by atoms with Crippen LogP contribution in [0.15, 0.2) is 53.3 Å². The van der Waals surface area contributed by atoms with Crippen LogP contribution in [0.5, 0.6) is 0 Å². The van der Waals surface area contributed by atoms with Crippen molar-refractivity contribution in [3.05, 3.63) is 85.6 Å². The Morgan fingerprint density at radius 3 is 2.51 bits per heavy atom. The molecule has 3 heterocycles. The van der Waals surface area contributed by atoms with Crippen molar-refractivity contribution in [2.24, 2.45) is 11.8 Å².